The van der Waals surface area contributed by atoms with Crippen molar-refractivity contribution in [3.05, 3.63) is 33.3 Å². The van der Waals surface area contributed by atoms with Gasteiger partial charge in [-0.1, -0.05) is 23.2 Å². The fourth-order valence-electron chi connectivity index (χ4n) is 2.00. The first-order chi connectivity index (χ1) is 12.1. The predicted octanol–water partition coefficient (Wildman–Crippen LogP) is 4.60. The Kier molecular flexibility index (Phi) is 7.13. The van der Waals surface area contributed by atoms with Crippen LogP contribution in [0.15, 0.2) is 12.1 Å². The van der Waals surface area contributed by atoms with Crippen LogP contribution in [0, 0.1) is 0 Å². The number of aliphatic carboxylic acids is 1. The van der Waals surface area contributed by atoms with Crippen LogP contribution in [0.2, 0.25) is 10.0 Å². The highest BCUT2D eigenvalue weighted by Crippen LogP contribution is 2.33. The number of ether oxygens (including phenoxy) is 2. The van der Waals surface area contributed by atoms with Crippen molar-refractivity contribution in [2.24, 2.45) is 0 Å². The number of alkyl carbamates (subject to hydrolysis) is 1. The van der Waals surface area contributed by atoms with E-state index in [-0.39, 0.29) is 21.2 Å². The minimum Gasteiger partial charge on any atom is -0.479 e. The molecule has 1 amide bonds. The van der Waals surface area contributed by atoms with Gasteiger partial charge in [-0.05, 0) is 53.7 Å². The van der Waals surface area contributed by atoms with Crippen molar-refractivity contribution in [2.45, 2.75) is 58.8 Å². The first-order valence-corrected chi connectivity index (χ1v) is 8.81. The molecule has 0 heterocycles. The lowest BCUT2D eigenvalue weighted by molar-refractivity contribution is -0.139. The number of amides is 1. The zero-order valence-electron chi connectivity index (χ0n) is 16.0. The van der Waals surface area contributed by atoms with Crippen molar-refractivity contribution >= 4 is 41.2 Å². The number of carbonyl (C=O) groups excluding carboxylic acids is 2. The standard InChI is InChI=1S/C18H23Cl2NO6/c1-17(2,3)26-15(24)9-7-10(19)12(11(20)8-9)13(14(22)23)21-16(25)27-18(4,5)6/h7-8,13H,1-6H3,(H,21,25)(H,22,23). The second-order valence-corrected chi connectivity index (χ2v) is 8.59. The van der Waals surface area contributed by atoms with E-state index in [1.807, 2.05) is 0 Å². The number of halogens is 2. The summed E-state index contributed by atoms with van der Waals surface area (Å²) in [6.07, 6.45) is -0.946. The van der Waals surface area contributed by atoms with Crippen molar-refractivity contribution in [3.63, 3.8) is 0 Å². The van der Waals surface area contributed by atoms with Crippen LogP contribution in [0.3, 0.4) is 0 Å². The van der Waals surface area contributed by atoms with Gasteiger partial charge in [0.2, 0.25) is 0 Å². The second kappa shape index (κ2) is 8.35. The fraction of sp³-hybridized carbons (Fsp3) is 0.500. The average molecular weight is 420 g/mol. The van der Waals surface area contributed by atoms with Crippen molar-refractivity contribution in [1.29, 1.82) is 0 Å². The van der Waals surface area contributed by atoms with Gasteiger partial charge < -0.3 is 19.9 Å². The summed E-state index contributed by atoms with van der Waals surface area (Å²) < 4.78 is 10.3. The molecule has 0 saturated heterocycles. The zero-order valence-corrected chi connectivity index (χ0v) is 17.5. The third kappa shape index (κ3) is 7.27. The van der Waals surface area contributed by atoms with E-state index in [1.54, 1.807) is 41.5 Å². The molecule has 2 N–H and O–H groups in total. The monoisotopic (exact) mass is 419 g/mol. The van der Waals surface area contributed by atoms with E-state index in [4.69, 9.17) is 32.7 Å². The summed E-state index contributed by atoms with van der Waals surface area (Å²) in [6, 6.07) is 0.917. The highest BCUT2D eigenvalue weighted by atomic mass is 35.5. The molecule has 0 aliphatic carbocycles. The molecule has 1 rings (SSSR count). The lowest BCUT2D eigenvalue weighted by Crippen LogP contribution is -2.38. The molecule has 0 saturated carbocycles. The summed E-state index contributed by atoms with van der Waals surface area (Å²) in [5, 5.41) is 11.5. The Balaban J connectivity index is 3.20. The lowest BCUT2D eigenvalue weighted by atomic mass is 10.0. The molecule has 1 aromatic carbocycles. The molecule has 9 heteroatoms. The predicted molar refractivity (Wildman–Crippen MR) is 101 cm³/mol. The molecule has 0 fully saturated rings. The molecule has 1 aromatic rings. The number of carboxylic acids is 1. The van der Waals surface area contributed by atoms with Crippen LogP contribution in [0.5, 0.6) is 0 Å². The van der Waals surface area contributed by atoms with Crippen molar-refractivity contribution in [1.82, 2.24) is 5.32 Å². The summed E-state index contributed by atoms with van der Waals surface area (Å²) in [7, 11) is 0. The van der Waals surface area contributed by atoms with Gasteiger partial charge in [-0.2, -0.15) is 0 Å². The van der Waals surface area contributed by atoms with Gasteiger partial charge in [-0.3, -0.25) is 0 Å². The maximum atomic E-state index is 12.2. The van der Waals surface area contributed by atoms with E-state index in [1.165, 1.54) is 12.1 Å². The van der Waals surface area contributed by atoms with Gasteiger partial charge in [0.15, 0.2) is 6.04 Å². The Labute approximate surface area is 167 Å². The quantitative estimate of drug-likeness (QED) is 0.691. The number of rotatable bonds is 4. The Bertz CT molecular complexity index is 726. The lowest BCUT2D eigenvalue weighted by Gasteiger charge is -2.23. The molecular weight excluding hydrogens is 397 g/mol. The number of hydrogen-bond acceptors (Lipinski definition) is 5. The summed E-state index contributed by atoms with van der Waals surface area (Å²) >= 11 is 12.3. The largest absolute Gasteiger partial charge is 0.479 e. The third-order valence-corrected chi connectivity index (χ3v) is 3.54. The smallest absolute Gasteiger partial charge is 0.408 e. The summed E-state index contributed by atoms with van der Waals surface area (Å²) in [5.41, 5.74) is -1.55. The van der Waals surface area contributed by atoms with Gasteiger partial charge in [0, 0.05) is 15.6 Å². The van der Waals surface area contributed by atoms with Gasteiger partial charge in [0.25, 0.3) is 0 Å². The molecule has 150 valence electrons. The van der Waals surface area contributed by atoms with Crippen molar-refractivity contribution < 1.29 is 29.0 Å². The maximum absolute atomic E-state index is 12.2. The van der Waals surface area contributed by atoms with Crippen LogP contribution in [0.4, 0.5) is 4.79 Å². The van der Waals surface area contributed by atoms with Crippen LogP contribution in [-0.2, 0) is 14.3 Å². The first kappa shape index (κ1) is 23.0. The minimum atomic E-state index is -1.56. The Hall–Kier alpha value is -1.99. The molecule has 0 bridgehead atoms. The second-order valence-electron chi connectivity index (χ2n) is 7.77. The van der Waals surface area contributed by atoms with E-state index < -0.39 is 35.3 Å². The topological polar surface area (TPSA) is 102 Å². The zero-order chi connectivity index (χ0) is 21.2. The first-order valence-electron chi connectivity index (χ1n) is 8.05. The number of nitrogens with one attached hydrogen (secondary N) is 1. The molecular formula is C18H23Cl2NO6. The van der Waals surface area contributed by atoms with Crippen LogP contribution < -0.4 is 5.32 Å². The number of carbonyl (C=O) groups is 3. The fourth-order valence-corrected chi connectivity index (χ4v) is 2.70. The highest BCUT2D eigenvalue weighted by molar-refractivity contribution is 6.37. The van der Waals surface area contributed by atoms with Gasteiger partial charge >= 0.3 is 18.0 Å². The van der Waals surface area contributed by atoms with Crippen molar-refractivity contribution in [3.8, 4) is 0 Å². The van der Waals surface area contributed by atoms with E-state index in [9.17, 15) is 19.5 Å². The van der Waals surface area contributed by atoms with E-state index in [2.05, 4.69) is 5.32 Å². The molecule has 0 radical (unpaired) electrons. The van der Waals surface area contributed by atoms with E-state index in [0.29, 0.717) is 0 Å². The number of carboxylic acid groups (broad SMARTS) is 1. The van der Waals surface area contributed by atoms with Crippen LogP contribution in [0.1, 0.15) is 63.5 Å². The van der Waals surface area contributed by atoms with Crippen LogP contribution in [-0.4, -0.2) is 34.3 Å². The van der Waals surface area contributed by atoms with Gasteiger partial charge in [-0.25, -0.2) is 14.4 Å². The molecule has 0 spiro atoms. The van der Waals surface area contributed by atoms with Gasteiger partial charge in [0.05, 0.1) is 5.56 Å². The molecule has 7 nitrogen and oxygen atoms in total. The average Bonchev–Trinajstić information content (AvgIpc) is 2.41. The van der Waals surface area contributed by atoms with Gasteiger partial charge in [0.1, 0.15) is 11.2 Å². The number of esters is 1. The highest BCUT2D eigenvalue weighted by Gasteiger charge is 2.30. The molecule has 0 aliphatic rings. The molecule has 0 aromatic heterocycles. The van der Waals surface area contributed by atoms with E-state index >= 15 is 0 Å². The Morgan fingerprint density at radius 1 is 0.963 bits per heavy atom. The normalized spacial score (nSPS) is 12.9. The van der Waals surface area contributed by atoms with E-state index in [0.717, 1.165) is 0 Å². The maximum Gasteiger partial charge on any atom is 0.408 e. The van der Waals surface area contributed by atoms with Crippen LogP contribution in [0.25, 0.3) is 0 Å². The number of hydrogen-bond donors (Lipinski definition) is 2. The third-order valence-electron chi connectivity index (χ3n) is 2.91. The van der Waals surface area contributed by atoms with Crippen LogP contribution >= 0.6 is 23.2 Å². The molecule has 0 aliphatic heterocycles. The number of benzene rings is 1. The Morgan fingerprint density at radius 3 is 1.78 bits per heavy atom. The summed E-state index contributed by atoms with van der Waals surface area (Å²) in [6.45, 7) is 10.0. The summed E-state index contributed by atoms with van der Waals surface area (Å²) in [5.74, 6) is -2.06. The SMILES string of the molecule is CC(C)(C)OC(=O)NC(C(=O)O)c1c(Cl)cc(C(=O)OC(C)(C)C)cc1Cl. The molecule has 27 heavy (non-hydrogen) atoms. The minimum absolute atomic E-state index is 0.0603. The molecule has 1 unspecified atom stereocenters. The molecule has 1 atom stereocenters. The van der Waals surface area contributed by atoms with Crippen molar-refractivity contribution in [2.75, 3.05) is 0 Å². The Morgan fingerprint density at radius 2 is 1.41 bits per heavy atom. The summed E-state index contributed by atoms with van der Waals surface area (Å²) in [4.78, 5) is 35.7. The van der Waals surface area contributed by atoms with Gasteiger partial charge in [-0.15, -0.1) is 0 Å².